The van der Waals surface area contributed by atoms with Crippen molar-refractivity contribution in [1.82, 2.24) is 0 Å². The fourth-order valence-corrected chi connectivity index (χ4v) is 5.17. The van der Waals surface area contributed by atoms with Gasteiger partial charge in [0.2, 0.25) is 0 Å². The van der Waals surface area contributed by atoms with Crippen molar-refractivity contribution in [1.29, 1.82) is 0 Å². The number of fused-ring (bicyclic) bond motifs is 3. The van der Waals surface area contributed by atoms with Crippen LogP contribution in [0.5, 0.6) is 5.75 Å². The minimum Gasteiger partial charge on any atom is -0.508 e. The van der Waals surface area contributed by atoms with E-state index in [0.29, 0.717) is 16.7 Å². The Balaban J connectivity index is 1.99. The molecule has 3 aromatic carbocycles. The van der Waals surface area contributed by atoms with Gasteiger partial charge in [-0.05, 0) is 60.5 Å². The van der Waals surface area contributed by atoms with E-state index in [-0.39, 0.29) is 16.3 Å². The predicted octanol–water partition coefficient (Wildman–Crippen LogP) is 4.61. The molecule has 0 aromatic heterocycles. The van der Waals surface area contributed by atoms with Gasteiger partial charge in [-0.15, -0.1) is 0 Å². The highest BCUT2D eigenvalue weighted by molar-refractivity contribution is 7.92. The molecular formula is C20H15F2NO3S. The Labute approximate surface area is 155 Å². The van der Waals surface area contributed by atoms with Gasteiger partial charge in [-0.25, -0.2) is 17.2 Å². The number of phenols is 1. The quantitative estimate of drug-likeness (QED) is 0.699. The third kappa shape index (κ3) is 2.75. The number of aromatic hydroxyl groups is 1. The van der Waals surface area contributed by atoms with Gasteiger partial charge >= 0.3 is 0 Å². The number of sulfonamides is 1. The van der Waals surface area contributed by atoms with Crippen LogP contribution < -0.4 is 4.31 Å². The zero-order valence-corrected chi connectivity index (χ0v) is 15.0. The van der Waals surface area contributed by atoms with Crippen LogP contribution in [0.2, 0.25) is 0 Å². The molecule has 1 N–H and O–H groups in total. The highest BCUT2D eigenvalue weighted by Crippen LogP contribution is 2.47. The number of hydrogen-bond donors (Lipinski definition) is 1. The van der Waals surface area contributed by atoms with Gasteiger partial charge in [0.1, 0.15) is 17.4 Å². The maximum absolute atomic E-state index is 13.9. The number of anilines is 1. The van der Waals surface area contributed by atoms with E-state index in [4.69, 9.17) is 0 Å². The summed E-state index contributed by atoms with van der Waals surface area (Å²) in [6, 6.07) is 12.5. The van der Waals surface area contributed by atoms with Crippen molar-refractivity contribution in [2.45, 2.75) is 17.9 Å². The number of rotatable bonds is 2. The van der Waals surface area contributed by atoms with Crippen LogP contribution in [0.25, 0.3) is 11.1 Å². The Morgan fingerprint density at radius 1 is 0.926 bits per heavy atom. The first-order chi connectivity index (χ1) is 12.8. The molecule has 0 saturated carbocycles. The van der Waals surface area contributed by atoms with Gasteiger partial charge in [-0.2, -0.15) is 0 Å². The first kappa shape index (κ1) is 17.5. The molecule has 0 radical (unpaired) electrons. The Hall–Kier alpha value is -2.93. The monoisotopic (exact) mass is 387 g/mol. The molecule has 0 saturated heterocycles. The molecule has 27 heavy (non-hydrogen) atoms. The van der Waals surface area contributed by atoms with Crippen LogP contribution in [0.3, 0.4) is 0 Å². The van der Waals surface area contributed by atoms with E-state index in [9.17, 15) is 22.3 Å². The van der Waals surface area contributed by atoms with E-state index in [2.05, 4.69) is 0 Å². The fourth-order valence-electron chi connectivity index (χ4n) is 3.47. The molecule has 1 atom stereocenters. The second kappa shape index (κ2) is 6.06. The number of hydrogen-bond acceptors (Lipinski definition) is 3. The molecule has 3 aromatic rings. The van der Waals surface area contributed by atoms with Crippen molar-refractivity contribution in [2.75, 3.05) is 4.31 Å². The molecule has 7 heteroatoms. The lowest BCUT2D eigenvalue weighted by Gasteiger charge is -2.37. The average molecular weight is 387 g/mol. The zero-order valence-electron chi connectivity index (χ0n) is 14.2. The molecule has 0 fully saturated rings. The summed E-state index contributed by atoms with van der Waals surface area (Å²) in [7, 11) is -4.06. The molecule has 0 aliphatic carbocycles. The summed E-state index contributed by atoms with van der Waals surface area (Å²) in [6.07, 6.45) is 0. The Morgan fingerprint density at radius 3 is 2.30 bits per heavy atom. The zero-order chi connectivity index (χ0) is 19.3. The minimum absolute atomic E-state index is 0.0878. The SMILES string of the molecule is CC1c2ccc(F)cc2-c2cc(F)ccc2N1S(=O)(=O)c1cccc(O)c1. The summed E-state index contributed by atoms with van der Waals surface area (Å²) in [5, 5.41) is 9.69. The largest absolute Gasteiger partial charge is 0.508 e. The van der Waals surface area contributed by atoms with Crippen LogP contribution in [-0.2, 0) is 10.0 Å². The lowest BCUT2D eigenvalue weighted by Crippen LogP contribution is -2.36. The maximum Gasteiger partial charge on any atom is 0.265 e. The molecule has 1 unspecified atom stereocenters. The Bertz CT molecular complexity index is 1160. The van der Waals surface area contributed by atoms with Crippen molar-refractivity contribution in [3.63, 3.8) is 0 Å². The van der Waals surface area contributed by atoms with Crippen molar-refractivity contribution >= 4 is 15.7 Å². The fraction of sp³-hybridized carbons (Fsp3) is 0.100. The topological polar surface area (TPSA) is 57.6 Å². The third-order valence-corrected chi connectivity index (χ3v) is 6.56. The number of halogens is 2. The van der Waals surface area contributed by atoms with E-state index in [1.165, 1.54) is 58.9 Å². The summed E-state index contributed by atoms with van der Waals surface area (Å²) < 4.78 is 55.5. The Kier molecular flexibility index (Phi) is 3.92. The van der Waals surface area contributed by atoms with Crippen LogP contribution in [0, 0.1) is 11.6 Å². The summed E-state index contributed by atoms with van der Waals surface area (Å²) >= 11 is 0. The van der Waals surface area contributed by atoms with Gasteiger partial charge in [0.05, 0.1) is 16.6 Å². The maximum atomic E-state index is 13.9. The average Bonchev–Trinajstić information content (AvgIpc) is 2.62. The minimum atomic E-state index is -4.06. The van der Waals surface area contributed by atoms with Gasteiger partial charge in [-0.3, -0.25) is 4.31 Å². The van der Waals surface area contributed by atoms with E-state index in [0.717, 1.165) is 6.07 Å². The second-order valence-electron chi connectivity index (χ2n) is 6.37. The highest BCUT2D eigenvalue weighted by Gasteiger charge is 2.37. The smallest absolute Gasteiger partial charge is 0.265 e. The summed E-state index contributed by atoms with van der Waals surface area (Å²) in [4.78, 5) is -0.0878. The van der Waals surface area contributed by atoms with E-state index in [1.54, 1.807) is 6.92 Å². The molecule has 0 bridgehead atoms. The van der Waals surface area contributed by atoms with Crippen LogP contribution in [-0.4, -0.2) is 13.5 Å². The molecule has 1 aliphatic heterocycles. The van der Waals surface area contributed by atoms with Crippen LogP contribution in [0.15, 0.2) is 65.6 Å². The second-order valence-corrected chi connectivity index (χ2v) is 8.18. The third-order valence-electron chi connectivity index (χ3n) is 4.68. The normalized spacial score (nSPS) is 16.0. The summed E-state index contributed by atoms with van der Waals surface area (Å²) in [6.45, 7) is 1.68. The van der Waals surface area contributed by atoms with Crippen molar-refractivity contribution in [3.8, 4) is 16.9 Å². The molecule has 4 nitrogen and oxygen atoms in total. The van der Waals surface area contributed by atoms with Gasteiger partial charge in [0.15, 0.2) is 0 Å². The first-order valence-electron chi connectivity index (χ1n) is 8.22. The van der Waals surface area contributed by atoms with E-state index < -0.39 is 27.7 Å². The van der Waals surface area contributed by atoms with Crippen LogP contribution in [0.4, 0.5) is 14.5 Å². The number of benzene rings is 3. The molecule has 0 amide bonds. The molecule has 0 spiro atoms. The molecule has 138 valence electrons. The van der Waals surface area contributed by atoms with Crippen LogP contribution >= 0.6 is 0 Å². The van der Waals surface area contributed by atoms with E-state index in [1.807, 2.05) is 0 Å². The van der Waals surface area contributed by atoms with Gasteiger partial charge in [-0.1, -0.05) is 12.1 Å². The van der Waals surface area contributed by atoms with E-state index >= 15 is 0 Å². The molecular weight excluding hydrogens is 372 g/mol. The predicted molar refractivity (Wildman–Crippen MR) is 98.0 cm³/mol. The van der Waals surface area contributed by atoms with Gasteiger partial charge in [0, 0.05) is 11.6 Å². The number of phenolic OH excluding ortho intramolecular Hbond substituents is 1. The standard InChI is InChI=1S/C20H15F2NO3S/c1-12-17-7-5-13(21)9-18(17)19-10-14(22)6-8-20(19)23(12)27(25,26)16-4-2-3-15(24)11-16/h2-12,24H,1H3. The van der Waals surface area contributed by atoms with Crippen molar-refractivity contribution in [3.05, 3.63) is 77.9 Å². The first-order valence-corrected chi connectivity index (χ1v) is 9.66. The van der Waals surface area contributed by atoms with Crippen molar-refractivity contribution < 1.29 is 22.3 Å². The lowest BCUT2D eigenvalue weighted by atomic mass is 9.90. The highest BCUT2D eigenvalue weighted by atomic mass is 32.2. The van der Waals surface area contributed by atoms with Gasteiger partial charge in [0.25, 0.3) is 10.0 Å². The lowest BCUT2D eigenvalue weighted by molar-refractivity contribution is 0.473. The Morgan fingerprint density at radius 2 is 1.59 bits per heavy atom. The van der Waals surface area contributed by atoms with Crippen LogP contribution in [0.1, 0.15) is 18.5 Å². The number of nitrogens with zero attached hydrogens (tertiary/aromatic N) is 1. The van der Waals surface area contributed by atoms with Crippen molar-refractivity contribution in [2.24, 2.45) is 0 Å². The summed E-state index contributed by atoms with van der Waals surface area (Å²) in [5.41, 5.74) is 1.58. The van der Waals surface area contributed by atoms with Gasteiger partial charge < -0.3 is 5.11 Å². The summed E-state index contributed by atoms with van der Waals surface area (Å²) in [5.74, 6) is -1.21. The molecule has 1 heterocycles. The molecule has 1 aliphatic rings. The molecule has 4 rings (SSSR count).